The number of rotatable bonds is 6. The molecule has 2 heterocycles. The maximum Gasteiger partial charge on any atom is 0.310 e. The van der Waals surface area contributed by atoms with Crippen LogP contribution in [0.3, 0.4) is 0 Å². The molecule has 0 spiro atoms. The molecule has 0 amide bonds. The SMILES string of the molecule is CCOC(=O)C1CCCN(S(=O)(=O)N(C)Cc2cccnc2)C1. The monoisotopic (exact) mass is 341 g/mol. The lowest BCUT2D eigenvalue weighted by molar-refractivity contribution is -0.149. The maximum atomic E-state index is 12.7. The van der Waals surface area contributed by atoms with E-state index in [-0.39, 0.29) is 25.0 Å². The molecule has 7 nitrogen and oxygen atoms in total. The molecule has 0 saturated carbocycles. The van der Waals surface area contributed by atoms with Crippen LogP contribution in [0.2, 0.25) is 0 Å². The van der Waals surface area contributed by atoms with Gasteiger partial charge in [0.15, 0.2) is 0 Å². The number of aromatic nitrogens is 1. The minimum Gasteiger partial charge on any atom is -0.466 e. The van der Waals surface area contributed by atoms with Gasteiger partial charge in [-0.25, -0.2) is 0 Å². The predicted octanol–water partition coefficient (Wildman–Crippen LogP) is 1.03. The third kappa shape index (κ3) is 4.49. The van der Waals surface area contributed by atoms with Crippen molar-refractivity contribution in [2.24, 2.45) is 5.92 Å². The van der Waals surface area contributed by atoms with Gasteiger partial charge in [0.1, 0.15) is 0 Å². The van der Waals surface area contributed by atoms with Crippen molar-refractivity contribution < 1.29 is 17.9 Å². The number of esters is 1. The smallest absolute Gasteiger partial charge is 0.310 e. The lowest BCUT2D eigenvalue weighted by atomic mass is 10.0. The molecule has 0 aliphatic carbocycles. The molecule has 128 valence electrons. The highest BCUT2D eigenvalue weighted by molar-refractivity contribution is 7.86. The fourth-order valence-electron chi connectivity index (χ4n) is 2.63. The van der Waals surface area contributed by atoms with Crippen LogP contribution in [0, 0.1) is 5.92 Å². The first-order valence-corrected chi connectivity index (χ1v) is 9.11. The molecule has 1 atom stereocenters. The Hall–Kier alpha value is -1.51. The summed E-state index contributed by atoms with van der Waals surface area (Å²) in [6.07, 6.45) is 4.61. The molecule has 0 bridgehead atoms. The van der Waals surface area contributed by atoms with E-state index in [1.54, 1.807) is 25.4 Å². The standard InChI is InChI=1S/C15H23N3O4S/c1-3-22-15(19)14-7-5-9-18(12-14)23(20,21)17(2)11-13-6-4-8-16-10-13/h4,6,8,10,14H,3,5,7,9,11-12H2,1-2H3. The Morgan fingerprint density at radius 3 is 2.96 bits per heavy atom. The van der Waals surface area contributed by atoms with E-state index >= 15 is 0 Å². The normalized spacial score (nSPS) is 19.7. The van der Waals surface area contributed by atoms with Gasteiger partial charge >= 0.3 is 5.97 Å². The number of hydrogen-bond donors (Lipinski definition) is 0. The molecular weight excluding hydrogens is 318 g/mol. The molecule has 1 aliphatic rings. The molecular formula is C15H23N3O4S. The summed E-state index contributed by atoms with van der Waals surface area (Å²) in [6, 6.07) is 3.60. The van der Waals surface area contributed by atoms with Crippen LogP contribution in [0.25, 0.3) is 0 Å². The number of carbonyl (C=O) groups is 1. The Labute approximate surface area is 137 Å². The second-order valence-corrected chi connectivity index (χ2v) is 7.61. The number of ether oxygens (including phenoxy) is 1. The molecule has 1 aromatic rings. The largest absolute Gasteiger partial charge is 0.466 e. The zero-order valence-electron chi connectivity index (χ0n) is 13.5. The second kappa shape index (κ2) is 7.85. The number of pyridine rings is 1. The van der Waals surface area contributed by atoms with Crippen LogP contribution in [-0.2, 0) is 26.3 Å². The zero-order chi connectivity index (χ0) is 16.9. The number of piperidine rings is 1. The van der Waals surface area contributed by atoms with Crippen molar-refractivity contribution in [1.29, 1.82) is 0 Å². The average Bonchev–Trinajstić information content (AvgIpc) is 2.56. The summed E-state index contributed by atoms with van der Waals surface area (Å²) in [7, 11) is -2.07. The average molecular weight is 341 g/mol. The highest BCUT2D eigenvalue weighted by atomic mass is 32.2. The van der Waals surface area contributed by atoms with Crippen molar-refractivity contribution in [3.63, 3.8) is 0 Å². The van der Waals surface area contributed by atoms with Gasteiger partial charge in [0.2, 0.25) is 0 Å². The third-order valence-electron chi connectivity index (χ3n) is 3.85. The molecule has 2 rings (SSSR count). The zero-order valence-corrected chi connectivity index (χ0v) is 14.3. The molecule has 0 radical (unpaired) electrons. The summed E-state index contributed by atoms with van der Waals surface area (Å²) >= 11 is 0. The quantitative estimate of drug-likeness (QED) is 0.722. The molecule has 1 saturated heterocycles. The molecule has 1 aromatic heterocycles. The lowest BCUT2D eigenvalue weighted by Crippen LogP contribution is -2.48. The Morgan fingerprint density at radius 2 is 2.30 bits per heavy atom. The van der Waals surface area contributed by atoms with E-state index in [9.17, 15) is 13.2 Å². The summed E-state index contributed by atoms with van der Waals surface area (Å²) in [5.41, 5.74) is 0.817. The number of nitrogens with zero attached hydrogens (tertiary/aromatic N) is 3. The minimum absolute atomic E-state index is 0.179. The van der Waals surface area contributed by atoms with Crippen LogP contribution < -0.4 is 0 Å². The molecule has 0 N–H and O–H groups in total. The van der Waals surface area contributed by atoms with Crippen molar-refractivity contribution in [1.82, 2.24) is 13.6 Å². The van der Waals surface area contributed by atoms with E-state index in [1.807, 2.05) is 6.07 Å². The first-order chi connectivity index (χ1) is 10.9. The topological polar surface area (TPSA) is 79.8 Å². The van der Waals surface area contributed by atoms with E-state index in [4.69, 9.17) is 4.74 Å². The fraction of sp³-hybridized carbons (Fsp3) is 0.600. The Balaban J connectivity index is 2.04. The van der Waals surface area contributed by atoms with E-state index in [2.05, 4.69) is 4.98 Å². The fourth-order valence-corrected chi connectivity index (χ4v) is 4.07. The summed E-state index contributed by atoms with van der Waals surface area (Å²) in [5, 5.41) is 0. The van der Waals surface area contributed by atoms with Crippen LogP contribution in [0.15, 0.2) is 24.5 Å². The van der Waals surface area contributed by atoms with Crippen LogP contribution in [0.4, 0.5) is 0 Å². The van der Waals surface area contributed by atoms with Gasteiger partial charge < -0.3 is 4.74 Å². The first-order valence-electron chi connectivity index (χ1n) is 7.72. The van der Waals surface area contributed by atoms with Crippen LogP contribution in [0.5, 0.6) is 0 Å². The van der Waals surface area contributed by atoms with Crippen molar-refractivity contribution >= 4 is 16.2 Å². The molecule has 23 heavy (non-hydrogen) atoms. The Morgan fingerprint density at radius 1 is 1.52 bits per heavy atom. The molecule has 8 heteroatoms. The molecule has 1 fully saturated rings. The van der Waals surface area contributed by atoms with Gasteiger partial charge in [-0.2, -0.15) is 17.0 Å². The maximum absolute atomic E-state index is 12.7. The predicted molar refractivity (Wildman–Crippen MR) is 85.6 cm³/mol. The highest BCUT2D eigenvalue weighted by Gasteiger charge is 2.35. The van der Waals surface area contributed by atoms with Gasteiger partial charge in [-0.3, -0.25) is 9.78 Å². The van der Waals surface area contributed by atoms with Crippen molar-refractivity contribution in [2.45, 2.75) is 26.3 Å². The van der Waals surface area contributed by atoms with Gasteiger partial charge in [-0.1, -0.05) is 6.07 Å². The van der Waals surface area contributed by atoms with Crippen LogP contribution >= 0.6 is 0 Å². The summed E-state index contributed by atoms with van der Waals surface area (Å²) < 4.78 is 33.1. The van der Waals surface area contributed by atoms with Gasteiger partial charge in [-0.15, -0.1) is 0 Å². The van der Waals surface area contributed by atoms with E-state index < -0.39 is 10.2 Å². The highest BCUT2D eigenvalue weighted by Crippen LogP contribution is 2.22. The van der Waals surface area contributed by atoms with E-state index in [0.29, 0.717) is 26.0 Å². The van der Waals surface area contributed by atoms with Gasteiger partial charge in [-0.05, 0) is 31.4 Å². The van der Waals surface area contributed by atoms with Crippen LogP contribution in [0.1, 0.15) is 25.3 Å². The third-order valence-corrected chi connectivity index (χ3v) is 5.75. The van der Waals surface area contributed by atoms with Crippen molar-refractivity contribution in [2.75, 3.05) is 26.7 Å². The number of carbonyl (C=O) groups excluding carboxylic acids is 1. The van der Waals surface area contributed by atoms with Gasteiger partial charge in [0, 0.05) is 39.1 Å². The van der Waals surface area contributed by atoms with Gasteiger partial charge in [0.25, 0.3) is 10.2 Å². The van der Waals surface area contributed by atoms with Crippen LogP contribution in [-0.4, -0.2) is 54.7 Å². The van der Waals surface area contributed by atoms with Crippen molar-refractivity contribution in [3.05, 3.63) is 30.1 Å². The molecule has 1 aliphatic heterocycles. The second-order valence-electron chi connectivity index (χ2n) is 5.57. The summed E-state index contributed by atoms with van der Waals surface area (Å²) in [5.74, 6) is -0.701. The summed E-state index contributed by atoms with van der Waals surface area (Å²) in [4.78, 5) is 15.9. The van der Waals surface area contributed by atoms with Gasteiger partial charge in [0.05, 0.1) is 12.5 Å². The Bertz CT molecular complexity index is 621. The molecule has 0 aromatic carbocycles. The van der Waals surface area contributed by atoms with Crippen molar-refractivity contribution in [3.8, 4) is 0 Å². The molecule has 1 unspecified atom stereocenters. The lowest BCUT2D eigenvalue weighted by Gasteiger charge is -2.33. The van der Waals surface area contributed by atoms with E-state index in [0.717, 1.165) is 5.56 Å². The minimum atomic E-state index is -3.61. The Kier molecular flexibility index (Phi) is 6.09. The van der Waals surface area contributed by atoms with E-state index in [1.165, 1.54) is 15.7 Å². The summed E-state index contributed by atoms with van der Waals surface area (Å²) in [6.45, 7) is 2.91. The number of hydrogen-bond acceptors (Lipinski definition) is 5. The first kappa shape index (κ1) is 17.8.